The second-order valence-corrected chi connectivity index (χ2v) is 13.6. The molecule has 282 valence electrons. The van der Waals surface area contributed by atoms with E-state index in [1.54, 1.807) is 24.3 Å². The summed E-state index contributed by atoms with van der Waals surface area (Å²) < 4.78 is 51.0. The molecule has 15 heteroatoms. The van der Waals surface area contributed by atoms with Crippen molar-refractivity contribution in [3.05, 3.63) is 125 Å². The Bertz CT molecular complexity index is 2110. The van der Waals surface area contributed by atoms with Crippen LogP contribution in [-0.2, 0) is 42.5 Å². The summed E-state index contributed by atoms with van der Waals surface area (Å²) in [6.07, 6.45) is 2.44. The first-order valence-electron chi connectivity index (χ1n) is 17.0. The van der Waals surface area contributed by atoms with E-state index in [-0.39, 0.29) is 49.1 Å². The molecule has 0 aliphatic carbocycles. The number of anilines is 1. The van der Waals surface area contributed by atoms with Gasteiger partial charge in [-0.2, -0.15) is 8.42 Å². The molecule has 1 aliphatic heterocycles. The summed E-state index contributed by atoms with van der Waals surface area (Å²) in [5.41, 5.74) is 2.40. The third kappa shape index (κ3) is 10.6. The number of amides is 3. The van der Waals surface area contributed by atoms with Crippen molar-refractivity contribution in [2.75, 3.05) is 31.1 Å². The molecule has 1 heterocycles. The molecule has 0 aromatic heterocycles. The predicted molar refractivity (Wildman–Crippen MR) is 200 cm³/mol. The van der Waals surface area contributed by atoms with Crippen LogP contribution in [0.5, 0.6) is 17.2 Å². The van der Waals surface area contributed by atoms with Crippen LogP contribution >= 0.6 is 0 Å². The second kappa shape index (κ2) is 18.4. The van der Waals surface area contributed by atoms with E-state index in [4.69, 9.17) is 18.9 Å². The summed E-state index contributed by atoms with van der Waals surface area (Å²) in [5, 5.41) is 5.33. The van der Waals surface area contributed by atoms with Gasteiger partial charge in [-0.05, 0) is 59.9 Å². The van der Waals surface area contributed by atoms with Gasteiger partial charge in [-0.1, -0.05) is 72.8 Å². The molecule has 3 N–H and O–H groups in total. The number of hydrogen-bond donors (Lipinski definition) is 3. The molecule has 1 aliphatic rings. The van der Waals surface area contributed by atoms with Crippen LogP contribution < -0.4 is 33.9 Å². The fraction of sp³-hybridized carbons (Fsp3) is 0.231. The molecule has 0 atom stereocenters. The number of esters is 1. The molecule has 1 fully saturated rings. The molecule has 0 unspecified atom stereocenters. The smallest absolute Gasteiger partial charge is 0.345 e. The minimum Gasteiger partial charge on any atom is -0.493 e. The molecular weight excluding hydrogens is 717 g/mol. The molecule has 54 heavy (non-hydrogen) atoms. The summed E-state index contributed by atoms with van der Waals surface area (Å²) in [6, 6.07) is 28.3. The number of nitrogens with zero attached hydrogens (tertiary/aromatic N) is 1. The molecule has 0 bridgehead atoms. The zero-order valence-electron chi connectivity index (χ0n) is 29.7. The summed E-state index contributed by atoms with van der Waals surface area (Å²) >= 11 is 0. The Labute approximate surface area is 313 Å². The highest BCUT2D eigenvalue weighted by Gasteiger charge is 2.36. The van der Waals surface area contributed by atoms with Crippen LogP contribution in [0, 0.1) is 0 Å². The molecular formula is C39H40N4O10S. The van der Waals surface area contributed by atoms with E-state index in [9.17, 15) is 27.6 Å². The number of carbonyl (C=O) groups is 4. The Morgan fingerprint density at radius 3 is 2.04 bits per heavy atom. The van der Waals surface area contributed by atoms with Crippen LogP contribution in [0.1, 0.15) is 46.8 Å². The number of hydrogen-bond acceptors (Lipinski definition) is 10. The molecule has 0 radical (unpaired) electrons. The van der Waals surface area contributed by atoms with Gasteiger partial charge in [0.15, 0.2) is 0 Å². The third-order valence-electron chi connectivity index (χ3n) is 7.91. The third-order valence-corrected chi connectivity index (χ3v) is 9.30. The Morgan fingerprint density at radius 2 is 1.44 bits per heavy atom. The van der Waals surface area contributed by atoms with Gasteiger partial charge >= 0.3 is 16.2 Å². The second-order valence-electron chi connectivity index (χ2n) is 12.0. The number of rotatable bonds is 17. The lowest BCUT2D eigenvalue weighted by molar-refractivity contribution is -0.122. The molecule has 0 saturated carbocycles. The molecule has 14 nitrogen and oxygen atoms in total. The van der Waals surface area contributed by atoms with Crippen LogP contribution in [0.15, 0.2) is 103 Å². The van der Waals surface area contributed by atoms with Gasteiger partial charge in [-0.25, -0.2) is 13.8 Å². The standard InChI is InChI=1S/C39H40N4O10S/c1-27(44)41-31(22-30-18-19-32(43-24-36(45)42-54(43,48)49)35(23-30)53-26-29-14-7-4-8-15-29)38(46)40-20-9-10-21-51-33-16-11-17-34(37(33)39(47)50-2)52-25-28-12-5-3-6-13-28/h3-8,11-19,22-23H,9-10,20-21,24-26H2,1-2H3,(H,40,46)(H,41,44)(H,42,45). The lowest BCUT2D eigenvalue weighted by Crippen LogP contribution is -2.34. The number of methoxy groups -OCH3 is 1. The number of nitrogens with one attached hydrogen (secondary N) is 3. The fourth-order valence-corrected chi connectivity index (χ4v) is 6.51. The van der Waals surface area contributed by atoms with Gasteiger partial charge in [-0.15, -0.1) is 0 Å². The van der Waals surface area contributed by atoms with E-state index >= 15 is 0 Å². The highest BCUT2D eigenvalue weighted by molar-refractivity contribution is 7.92. The Morgan fingerprint density at radius 1 is 0.815 bits per heavy atom. The molecule has 1 saturated heterocycles. The van der Waals surface area contributed by atoms with Crippen molar-refractivity contribution in [1.29, 1.82) is 0 Å². The number of benzene rings is 4. The van der Waals surface area contributed by atoms with Crippen molar-refractivity contribution in [3.63, 3.8) is 0 Å². The van der Waals surface area contributed by atoms with Crippen molar-refractivity contribution < 1.29 is 46.5 Å². The minimum atomic E-state index is -4.13. The fourth-order valence-electron chi connectivity index (χ4n) is 5.35. The molecule has 4 aromatic rings. The normalized spacial score (nSPS) is 13.4. The largest absolute Gasteiger partial charge is 0.493 e. The number of ether oxygens (including phenoxy) is 4. The monoisotopic (exact) mass is 756 g/mol. The average Bonchev–Trinajstić information content (AvgIpc) is 3.45. The maximum absolute atomic E-state index is 13.2. The van der Waals surface area contributed by atoms with Crippen LogP contribution in [0.3, 0.4) is 0 Å². The van der Waals surface area contributed by atoms with Crippen LogP contribution in [0.25, 0.3) is 6.08 Å². The quantitative estimate of drug-likeness (QED) is 0.0801. The van der Waals surface area contributed by atoms with Crippen molar-refractivity contribution >= 4 is 45.7 Å². The first-order valence-corrected chi connectivity index (χ1v) is 18.4. The molecule has 3 amide bonds. The summed E-state index contributed by atoms with van der Waals surface area (Å²) in [6.45, 7) is 1.65. The topological polar surface area (TPSA) is 179 Å². The Hall–Kier alpha value is -6.35. The van der Waals surface area contributed by atoms with Gasteiger partial charge in [0.2, 0.25) is 5.91 Å². The Balaban J connectivity index is 1.22. The van der Waals surface area contributed by atoms with Crippen molar-refractivity contribution in [2.45, 2.75) is 33.0 Å². The van der Waals surface area contributed by atoms with E-state index in [0.717, 1.165) is 15.4 Å². The van der Waals surface area contributed by atoms with E-state index < -0.39 is 40.4 Å². The maximum atomic E-state index is 13.2. The van der Waals surface area contributed by atoms with Gasteiger partial charge < -0.3 is 29.6 Å². The van der Waals surface area contributed by atoms with Crippen molar-refractivity contribution in [3.8, 4) is 17.2 Å². The summed E-state index contributed by atoms with van der Waals surface area (Å²) in [7, 11) is -2.85. The summed E-state index contributed by atoms with van der Waals surface area (Å²) in [4.78, 5) is 49.9. The van der Waals surface area contributed by atoms with E-state index in [1.807, 2.05) is 65.4 Å². The molecule has 0 spiro atoms. The number of carbonyl (C=O) groups excluding carboxylic acids is 4. The summed E-state index contributed by atoms with van der Waals surface area (Å²) in [5.74, 6) is -1.56. The first-order chi connectivity index (χ1) is 26.0. The van der Waals surface area contributed by atoms with Gasteiger partial charge in [-0.3, -0.25) is 14.4 Å². The van der Waals surface area contributed by atoms with Crippen molar-refractivity contribution in [2.24, 2.45) is 0 Å². The van der Waals surface area contributed by atoms with Gasteiger partial charge in [0.05, 0.1) is 19.4 Å². The predicted octanol–water partition coefficient (Wildman–Crippen LogP) is 4.26. The van der Waals surface area contributed by atoms with Gasteiger partial charge in [0.25, 0.3) is 11.8 Å². The minimum absolute atomic E-state index is 0.0545. The first kappa shape index (κ1) is 38.9. The highest BCUT2D eigenvalue weighted by Crippen LogP contribution is 2.34. The van der Waals surface area contributed by atoms with E-state index in [0.29, 0.717) is 29.9 Å². The van der Waals surface area contributed by atoms with Crippen molar-refractivity contribution in [1.82, 2.24) is 15.4 Å². The number of unbranched alkanes of at least 4 members (excludes halogenated alkanes) is 1. The van der Waals surface area contributed by atoms with Gasteiger partial charge in [0, 0.05) is 13.5 Å². The maximum Gasteiger partial charge on any atom is 0.345 e. The SMILES string of the molecule is COC(=O)c1c(OCCCCNC(=O)C(=Cc2ccc(N3CC(=O)NS3(=O)=O)c(OCc3ccccc3)c2)NC(C)=O)cccc1OCc1ccccc1. The van der Waals surface area contributed by atoms with E-state index in [1.165, 1.54) is 32.2 Å². The highest BCUT2D eigenvalue weighted by atomic mass is 32.2. The van der Waals surface area contributed by atoms with Crippen LogP contribution in [0.4, 0.5) is 5.69 Å². The molecule has 5 rings (SSSR count). The lowest BCUT2D eigenvalue weighted by atomic mass is 10.1. The average molecular weight is 757 g/mol. The zero-order valence-corrected chi connectivity index (χ0v) is 30.5. The zero-order chi connectivity index (χ0) is 38.5. The van der Waals surface area contributed by atoms with Crippen LogP contribution in [-0.4, -0.2) is 58.9 Å². The Kier molecular flexibility index (Phi) is 13.3. The van der Waals surface area contributed by atoms with Crippen LogP contribution in [0.2, 0.25) is 0 Å². The van der Waals surface area contributed by atoms with Gasteiger partial charge in [0.1, 0.15) is 48.3 Å². The molecule has 4 aromatic carbocycles. The van der Waals surface area contributed by atoms with E-state index in [2.05, 4.69) is 10.6 Å². The lowest BCUT2D eigenvalue weighted by Gasteiger charge is -2.20.